The number of rotatable bonds is 0. The van der Waals surface area contributed by atoms with Crippen molar-refractivity contribution in [2.75, 3.05) is 0 Å². The van der Waals surface area contributed by atoms with Crippen LogP contribution in [0.3, 0.4) is 0 Å². The molecule has 0 heterocycles. The Bertz CT molecular complexity index is 772. The lowest BCUT2D eigenvalue weighted by atomic mass is 10.0. The Morgan fingerprint density at radius 2 is 1.56 bits per heavy atom. The van der Waals surface area contributed by atoms with Gasteiger partial charge in [-0.1, -0.05) is 42.5 Å². The largest absolute Gasteiger partial charge is 0.508 e. The van der Waals surface area contributed by atoms with Crippen LogP contribution in [-0.2, 0) is 6.42 Å². The lowest BCUT2D eigenvalue weighted by Gasteiger charge is -2.04. The van der Waals surface area contributed by atoms with E-state index < -0.39 is 0 Å². The molecule has 0 fully saturated rings. The summed E-state index contributed by atoms with van der Waals surface area (Å²) in [6, 6.07) is 18.6. The highest BCUT2D eigenvalue weighted by Gasteiger charge is 2.21. The van der Waals surface area contributed by atoms with Gasteiger partial charge in [-0.2, -0.15) is 0 Å². The van der Waals surface area contributed by atoms with Crippen LogP contribution in [0, 0.1) is 0 Å². The van der Waals surface area contributed by atoms with Crippen molar-refractivity contribution in [3.8, 4) is 16.9 Å². The molecule has 0 atom stereocenters. The van der Waals surface area contributed by atoms with Crippen LogP contribution in [0.25, 0.3) is 21.9 Å². The summed E-state index contributed by atoms with van der Waals surface area (Å²) >= 11 is 0. The molecule has 1 aliphatic rings. The van der Waals surface area contributed by atoms with Gasteiger partial charge < -0.3 is 5.11 Å². The van der Waals surface area contributed by atoms with E-state index >= 15 is 0 Å². The number of hydrogen-bond acceptors (Lipinski definition) is 1. The zero-order valence-electron chi connectivity index (χ0n) is 9.85. The molecule has 0 radical (unpaired) electrons. The Kier molecular flexibility index (Phi) is 1.81. The molecule has 4 rings (SSSR count). The van der Waals surface area contributed by atoms with Crippen LogP contribution >= 0.6 is 0 Å². The van der Waals surface area contributed by atoms with Crippen LogP contribution < -0.4 is 0 Å². The van der Waals surface area contributed by atoms with Crippen molar-refractivity contribution in [1.82, 2.24) is 0 Å². The molecule has 3 aromatic rings. The standard InChI is InChI=1S/C17H12O/c18-17-7-3-6-14-15-9-12-5-2-1-4-11(12)8-13(15)10-16(14)17/h1-9,18H,10H2. The van der Waals surface area contributed by atoms with Crippen molar-refractivity contribution in [3.05, 3.63) is 65.7 Å². The maximum absolute atomic E-state index is 9.94. The van der Waals surface area contributed by atoms with Gasteiger partial charge in [0.2, 0.25) is 0 Å². The predicted molar refractivity (Wildman–Crippen MR) is 73.9 cm³/mol. The van der Waals surface area contributed by atoms with Crippen LogP contribution in [0.2, 0.25) is 0 Å². The van der Waals surface area contributed by atoms with Gasteiger partial charge in [-0.3, -0.25) is 0 Å². The van der Waals surface area contributed by atoms with Gasteiger partial charge in [0.05, 0.1) is 0 Å². The fourth-order valence-electron chi connectivity index (χ4n) is 2.89. The van der Waals surface area contributed by atoms with E-state index in [1.807, 2.05) is 6.07 Å². The highest BCUT2D eigenvalue weighted by molar-refractivity contribution is 5.92. The fraction of sp³-hybridized carbons (Fsp3) is 0.0588. The highest BCUT2D eigenvalue weighted by Crippen LogP contribution is 2.42. The number of aromatic hydroxyl groups is 1. The average Bonchev–Trinajstić information content (AvgIpc) is 2.76. The molecule has 1 nitrogen and oxygen atoms in total. The highest BCUT2D eigenvalue weighted by atomic mass is 16.3. The van der Waals surface area contributed by atoms with Crippen LogP contribution in [0.4, 0.5) is 0 Å². The van der Waals surface area contributed by atoms with Crippen LogP contribution in [0.5, 0.6) is 5.75 Å². The summed E-state index contributed by atoms with van der Waals surface area (Å²) in [7, 11) is 0. The van der Waals surface area contributed by atoms with Crippen molar-refractivity contribution in [3.63, 3.8) is 0 Å². The summed E-state index contributed by atoms with van der Waals surface area (Å²) in [5.74, 6) is 0.410. The molecule has 0 saturated carbocycles. The smallest absolute Gasteiger partial charge is 0.119 e. The van der Waals surface area contributed by atoms with Gasteiger partial charge in [0.15, 0.2) is 0 Å². The predicted octanol–water partition coefficient (Wildman–Crippen LogP) is 4.12. The van der Waals surface area contributed by atoms with Crippen molar-refractivity contribution < 1.29 is 5.11 Å². The second-order valence-electron chi connectivity index (χ2n) is 4.84. The first-order chi connectivity index (χ1) is 8.83. The summed E-state index contributed by atoms with van der Waals surface area (Å²) in [4.78, 5) is 0. The van der Waals surface area contributed by atoms with Gasteiger partial charge in [0.1, 0.15) is 5.75 Å². The van der Waals surface area contributed by atoms with Gasteiger partial charge >= 0.3 is 0 Å². The Labute approximate surface area is 105 Å². The molecular weight excluding hydrogens is 220 g/mol. The molecule has 1 heteroatoms. The van der Waals surface area contributed by atoms with Gasteiger partial charge in [0, 0.05) is 12.0 Å². The molecule has 18 heavy (non-hydrogen) atoms. The van der Waals surface area contributed by atoms with E-state index in [-0.39, 0.29) is 0 Å². The van der Waals surface area contributed by atoms with Crippen molar-refractivity contribution >= 4 is 10.8 Å². The van der Waals surface area contributed by atoms with E-state index in [1.54, 1.807) is 6.07 Å². The maximum atomic E-state index is 9.94. The molecule has 0 bridgehead atoms. The lowest BCUT2D eigenvalue weighted by Crippen LogP contribution is -1.81. The Morgan fingerprint density at radius 1 is 0.778 bits per heavy atom. The zero-order chi connectivity index (χ0) is 12.1. The molecule has 0 amide bonds. The van der Waals surface area contributed by atoms with Gasteiger partial charge in [-0.05, 0) is 39.6 Å². The molecule has 0 unspecified atom stereocenters. The first kappa shape index (κ1) is 9.72. The SMILES string of the molecule is Oc1cccc2c1Cc1cc3ccccc3cc1-2. The number of phenolic OH excluding ortho intramolecular Hbond substituents is 1. The van der Waals surface area contributed by atoms with Crippen LogP contribution in [0.1, 0.15) is 11.1 Å². The minimum Gasteiger partial charge on any atom is -0.508 e. The van der Waals surface area contributed by atoms with E-state index in [2.05, 4.69) is 42.5 Å². The second kappa shape index (κ2) is 3.36. The van der Waals surface area contributed by atoms with Crippen LogP contribution in [0.15, 0.2) is 54.6 Å². The summed E-state index contributed by atoms with van der Waals surface area (Å²) in [6.45, 7) is 0. The Hall–Kier alpha value is -2.28. The summed E-state index contributed by atoms with van der Waals surface area (Å²) in [6.07, 6.45) is 0.835. The molecule has 0 saturated heterocycles. The number of phenols is 1. The molecule has 0 aliphatic heterocycles. The summed E-state index contributed by atoms with van der Waals surface area (Å²) in [5.41, 5.74) is 4.81. The van der Waals surface area contributed by atoms with Gasteiger partial charge in [0.25, 0.3) is 0 Å². The third kappa shape index (κ3) is 1.22. The van der Waals surface area contributed by atoms with Crippen molar-refractivity contribution in [2.45, 2.75) is 6.42 Å². The zero-order valence-corrected chi connectivity index (χ0v) is 9.85. The molecule has 0 aromatic heterocycles. The van der Waals surface area contributed by atoms with E-state index in [9.17, 15) is 5.11 Å². The molecule has 0 spiro atoms. The topological polar surface area (TPSA) is 20.2 Å². The monoisotopic (exact) mass is 232 g/mol. The number of benzene rings is 3. The Morgan fingerprint density at radius 3 is 2.39 bits per heavy atom. The van der Waals surface area contributed by atoms with Crippen molar-refractivity contribution in [2.24, 2.45) is 0 Å². The fourth-order valence-corrected chi connectivity index (χ4v) is 2.89. The molecule has 86 valence electrons. The molecular formula is C17H12O. The third-order valence-corrected chi connectivity index (χ3v) is 3.78. The first-order valence-corrected chi connectivity index (χ1v) is 6.16. The average molecular weight is 232 g/mol. The summed E-state index contributed by atoms with van der Waals surface area (Å²) in [5, 5.41) is 12.5. The van der Waals surface area contributed by atoms with Crippen molar-refractivity contribution in [1.29, 1.82) is 0 Å². The number of hydrogen-bond donors (Lipinski definition) is 1. The maximum Gasteiger partial charge on any atom is 0.119 e. The quantitative estimate of drug-likeness (QED) is 0.483. The minimum absolute atomic E-state index is 0.410. The normalized spacial score (nSPS) is 12.4. The van der Waals surface area contributed by atoms with Gasteiger partial charge in [-0.25, -0.2) is 0 Å². The number of fused-ring (bicyclic) bond motifs is 4. The Balaban J connectivity index is 2.06. The molecule has 1 aliphatic carbocycles. The summed E-state index contributed by atoms with van der Waals surface area (Å²) < 4.78 is 0. The lowest BCUT2D eigenvalue weighted by molar-refractivity contribution is 0.470. The minimum atomic E-state index is 0.410. The van der Waals surface area contributed by atoms with E-state index in [0.717, 1.165) is 12.0 Å². The van der Waals surface area contributed by atoms with Crippen LogP contribution in [-0.4, -0.2) is 5.11 Å². The molecule has 1 N–H and O–H groups in total. The molecule has 3 aromatic carbocycles. The first-order valence-electron chi connectivity index (χ1n) is 6.16. The third-order valence-electron chi connectivity index (χ3n) is 3.78. The van der Waals surface area contributed by atoms with E-state index in [0.29, 0.717) is 5.75 Å². The van der Waals surface area contributed by atoms with E-state index in [1.165, 1.54) is 27.5 Å². The van der Waals surface area contributed by atoms with Gasteiger partial charge in [-0.15, -0.1) is 0 Å². The van der Waals surface area contributed by atoms with E-state index in [4.69, 9.17) is 0 Å². The second-order valence-corrected chi connectivity index (χ2v) is 4.84.